The van der Waals surface area contributed by atoms with Crippen molar-refractivity contribution in [1.82, 2.24) is 30.3 Å². The van der Waals surface area contributed by atoms with Crippen LogP contribution in [0.5, 0.6) is 0 Å². The molecule has 184 valence electrons. The highest BCUT2D eigenvalue weighted by molar-refractivity contribution is 14.0. The van der Waals surface area contributed by atoms with Crippen LogP contribution >= 0.6 is 24.0 Å². The smallest absolute Gasteiger partial charge is 0.191 e. The number of halogens is 1. The van der Waals surface area contributed by atoms with E-state index in [9.17, 15) is 0 Å². The second-order valence-electron chi connectivity index (χ2n) is 8.06. The molecule has 0 radical (unpaired) electrons. The summed E-state index contributed by atoms with van der Waals surface area (Å²) < 4.78 is 7.56. The molecule has 1 aromatic carbocycles. The summed E-state index contributed by atoms with van der Waals surface area (Å²) in [6, 6.07) is 11.1. The molecule has 1 fully saturated rings. The maximum absolute atomic E-state index is 5.47. The SMILES string of the molecule is CCOCCCNC(=NCC(c1ccccc1)N1CCCC1)NCCn1cnnc1CC.I. The van der Waals surface area contributed by atoms with Crippen LogP contribution in [0.3, 0.4) is 0 Å². The van der Waals surface area contributed by atoms with E-state index in [2.05, 4.69) is 67.6 Å². The van der Waals surface area contributed by atoms with E-state index in [0.717, 1.165) is 77.1 Å². The first-order valence-corrected chi connectivity index (χ1v) is 12.1. The number of nitrogens with one attached hydrogen (secondary N) is 2. The van der Waals surface area contributed by atoms with E-state index < -0.39 is 0 Å². The molecular weight excluding hydrogens is 529 g/mol. The molecule has 2 heterocycles. The van der Waals surface area contributed by atoms with Crippen molar-refractivity contribution in [1.29, 1.82) is 0 Å². The van der Waals surface area contributed by atoms with Gasteiger partial charge in [0.15, 0.2) is 5.96 Å². The molecule has 1 atom stereocenters. The van der Waals surface area contributed by atoms with E-state index >= 15 is 0 Å². The van der Waals surface area contributed by atoms with Crippen molar-refractivity contribution in [2.45, 2.75) is 52.1 Å². The van der Waals surface area contributed by atoms with Crippen molar-refractivity contribution in [2.24, 2.45) is 4.99 Å². The maximum atomic E-state index is 5.47. The van der Waals surface area contributed by atoms with Gasteiger partial charge in [0.1, 0.15) is 12.2 Å². The van der Waals surface area contributed by atoms with Crippen molar-refractivity contribution < 1.29 is 4.74 Å². The Morgan fingerprint density at radius 3 is 2.61 bits per heavy atom. The van der Waals surface area contributed by atoms with Gasteiger partial charge in [0.05, 0.1) is 12.6 Å². The first-order chi connectivity index (χ1) is 15.8. The maximum Gasteiger partial charge on any atom is 0.191 e. The van der Waals surface area contributed by atoms with Gasteiger partial charge in [0.2, 0.25) is 0 Å². The molecule has 1 aliphatic rings. The Labute approximate surface area is 215 Å². The molecule has 3 rings (SSSR count). The van der Waals surface area contributed by atoms with Crippen LogP contribution in [0, 0.1) is 0 Å². The Morgan fingerprint density at radius 1 is 1.12 bits per heavy atom. The second-order valence-corrected chi connectivity index (χ2v) is 8.06. The lowest BCUT2D eigenvalue weighted by molar-refractivity contribution is 0.145. The third kappa shape index (κ3) is 9.21. The Morgan fingerprint density at radius 2 is 1.88 bits per heavy atom. The first kappa shape index (κ1) is 27.5. The molecule has 0 spiro atoms. The number of benzene rings is 1. The first-order valence-electron chi connectivity index (χ1n) is 12.1. The lowest BCUT2D eigenvalue weighted by Crippen LogP contribution is -2.40. The van der Waals surface area contributed by atoms with Gasteiger partial charge in [-0.1, -0.05) is 37.3 Å². The van der Waals surface area contributed by atoms with Crippen LogP contribution in [-0.4, -0.2) is 71.6 Å². The van der Waals surface area contributed by atoms with Crippen molar-refractivity contribution in [3.05, 3.63) is 48.0 Å². The summed E-state index contributed by atoms with van der Waals surface area (Å²) in [7, 11) is 0. The molecule has 0 saturated carbocycles. The number of aliphatic imine (C=N–C) groups is 1. The van der Waals surface area contributed by atoms with E-state index in [-0.39, 0.29) is 24.0 Å². The molecule has 1 aromatic heterocycles. The highest BCUT2D eigenvalue weighted by atomic mass is 127. The molecule has 8 nitrogen and oxygen atoms in total. The summed E-state index contributed by atoms with van der Waals surface area (Å²) in [5, 5.41) is 15.2. The number of aromatic nitrogens is 3. The van der Waals surface area contributed by atoms with Crippen LogP contribution in [-0.2, 0) is 17.7 Å². The molecule has 1 aliphatic heterocycles. The summed E-state index contributed by atoms with van der Waals surface area (Å²) in [5.74, 6) is 1.86. The van der Waals surface area contributed by atoms with Crippen molar-refractivity contribution in [2.75, 3.05) is 45.9 Å². The highest BCUT2D eigenvalue weighted by Crippen LogP contribution is 2.25. The summed E-state index contributed by atoms with van der Waals surface area (Å²) >= 11 is 0. The van der Waals surface area contributed by atoms with E-state index in [4.69, 9.17) is 9.73 Å². The van der Waals surface area contributed by atoms with E-state index in [0.29, 0.717) is 6.04 Å². The normalized spacial score (nSPS) is 15.3. The number of ether oxygens (including phenoxy) is 1. The summed E-state index contributed by atoms with van der Waals surface area (Å²) in [5.41, 5.74) is 1.34. The molecule has 33 heavy (non-hydrogen) atoms. The number of likely N-dealkylation sites (tertiary alicyclic amines) is 1. The minimum atomic E-state index is 0. The van der Waals surface area contributed by atoms with Gasteiger partial charge in [-0.25, -0.2) is 0 Å². The van der Waals surface area contributed by atoms with Gasteiger partial charge in [0.25, 0.3) is 0 Å². The van der Waals surface area contributed by atoms with Gasteiger partial charge in [-0.3, -0.25) is 9.89 Å². The molecular formula is C24H40IN7O. The van der Waals surface area contributed by atoms with Crippen LogP contribution in [0.15, 0.2) is 41.7 Å². The number of rotatable bonds is 13. The van der Waals surface area contributed by atoms with Crippen molar-refractivity contribution in [3.63, 3.8) is 0 Å². The second kappa shape index (κ2) is 16.0. The average Bonchev–Trinajstić information content (AvgIpc) is 3.51. The van der Waals surface area contributed by atoms with Gasteiger partial charge in [0, 0.05) is 39.3 Å². The molecule has 0 aliphatic carbocycles. The van der Waals surface area contributed by atoms with Crippen LogP contribution in [0.4, 0.5) is 0 Å². The third-order valence-electron chi connectivity index (χ3n) is 5.81. The Hall–Kier alpha value is -1.72. The van der Waals surface area contributed by atoms with Crippen LogP contribution in [0.2, 0.25) is 0 Å². The Balaban J connectivity index is 0.00000385. The zero-order chi connectivity index (χ0) is 22.4. The summed E-state index contributed by atoms with van der Waals surface area (Å²) in [6.07, 6.45) is 6.17. The fourth-order valence-corrected chi connectivity index (χ4v) is 4.07. The lowest BCUT2D eigenvalue weighted by atomic mass is 10.1. The quantitative estimate of drug-likeness (QED) is 0.167. The molecule has 2 N–H and O–H groups in total. The third-order valence-corrected chi connectivity index (χ3v) is 5.81. The van der Waals surface area contributed by atoms with Crippen molar-refractivity contribution >= 4 is 29.9 Å². The van der Waals surface area contributed by atoms with Crippen LogP contribution in [0.1, 0.15) is 50.5 Å². The fourth-order valence-electron chi connectivity index (χ4n) is 4.07. The monoisotopic (exact) mass is 569 g/mol. The van der Waals surface area contributed by atoms with E-state index in [1.165, 1.54) is 18.4 Å². The number of guanidine groups is 1. The van der Waals surface area contributed by atoms with E-state index in [1.807, 2.05) is 6.92 Å². The standard InChI is InChI=1S/C24H39N7O.HI/c1-3-23-29-28-20-31(23)17-14-26-24(25-13-10-18-32-4-2)27-19-22(30-15-8-9-16-30)21-11-6-5-7-12-21;/h5-7,11-12,20,22H,3-4,8-10,13-19H2,1-2H3,(H2,25,26,27);1H. The number of nitrogens with zero attached hydrogens (tertiary/aromatic N) is 5. The zero-order valence-electron chi connectivity index (χ0n) is 20.1. The van der Waals surface area contributed by atoms with Crippen molar-refractivity contribution in [3.8, 4) is 0 Å². The number of aryl methyl sites for hydroxylation is 1. The van der Waals surface area contributed by atoms with Crippen LogP contribution in [0.25, 0.3) is 0 Å². The topological polar surface area (TPSA) is 79.6 Å². The van der Waals surface area contributed by atoms with Gasteiger partial charge in [-0.2, -0.15) is 0 Å². The molecule has 2 aromatic rings. The molecule has 0 bridgehead atoms. The average molecular weight is 570 g/mol. The van der Waals surface area contributed by atoms with Gasteiger partial charge in [-0.15, -0.1) is 34.2 Å². The Kier molecular flexibility index (Phi) is 13.3. The lowest BCUT2D eigenvalue weighted by Gasteiger charge is -2.27. The summed E-state index contributed by atoms with van der Waals surface area (Å²) in [4.78, 5) is 7.56. The highest BCUT2D eigenvalue weighted by Gasteiger charge is 2.23. The largest absolute Gasteiger partial charge is 0.382 e. The van der Waals surface area contributed by atoms with Crippen LogP contribution < -0.4 is 10.6 Å². The summed E-state index contributed by atoms with van der Waals surface area (Å²) in [6.45, 7) is 11.1. The number of hydrogen-bond donors (Lipinski definition) is 2. The zero-order valence-corrected chi connectivity index (χ0v) is 22.4. The minimum absolute atomic E-state index is 0. The fraction of sp³-hybridized carbons (Fsp3) is 0.625. The molecule has 0 amide bonds. The Bertz CT molecular complexity index is 793. The number of hydrogen-bond acceptors (Lipinski definition) is 5. The molecule has 9 heteroatoms. The predicted octanol–water partition coefficient (Wildman–Crippen LogP) is 3.26. The predicted molar refractivity (Wildman–Crippen MR) is 144 cm³/mol. The van der Waals surface area contributed by atoms with Gasteiger partial charge < -0.3 is 19.9 Å². The van der Waals surface area contributed by atoms with Gasteiger partial charge in [-0.05, 0) is 44.8 Å². The van der Waals surface area contributed by atoms with E-state index in [1.54, 1.807) is 6.33 Å². The molecule has 1 unspecified atom stereocenters. The minimum Gasteiger partial charge on any atom is -0.382 e. The molecule has 1 saturated heterocycles. The van der Waals surface area contributed by atoms with Gasteiger partial charge >= 0.3 is 0 Å².